The van der Waals surface area contributed by atoms with Crippen LogP contribution in [0.15, 0.2) is 30.5 Å². The standard InChI is InChI=1S/C15H16N4O2/c1-11-12(9-17-19(11)2)10-21-14-6-4-3-5-13(14)18-15(20)7-8-16/h3-6,9H,7,10H2,1-2H3,(H,18,20). The zero-order valence-corrected chi connectivity index (χ0v) is 12.0. The van der Waals surface area contributed by atoms with Crippen LogP contribution in [0.2, 0.25) is 0 Å². The number of carbonyl (C=O) groups excluding carboxylic acids is 1. The molecule has 0 unspecified atom stereocenters. The summed E-state index contributed by atoms with van der Waals surface area (Å²) in [4.78, 5) is 11.5. The Balaban J connectivity index is 2.08. The summed E-state index contributed by atoms with van der Waals surface area (Å²) in [5, 5.41) is 15.3. The fourth-order valence-corrected chi connectivity index (χ4v) is 1.80. The molecule has 6 heteroatoms. The molecule has 0 saturated heterocycles. The van der Waals surface area contributed by atoms with Gasteiger partial charge in [-0.2, -0.15) is 10.4 Å². The zero-order chi connectivity index (χ0) is 15.2. The number of hydrogen-bond acceptors (Lipinski definition) is 4. The van der Waals surface area contributed by atoms with Crippen molar-refractivity contribution in [1.82, 2.24) is 9.78 Å². The van der Waals surface area contributed by atoms with Crippen LogP contribution in [-0.4, -0.2) is 15.7 Å². The fourth-order valence-electron chi connectivity index (χ4n) is 1.80. The average molecular weight is 284 g/mol. The summed E-state index contributed by atoms with van der Waals surface area (Å²) in [7, 11) is 1.87. The molecule has 0 saturated carbocycles. The number of nitrogens with zero attached hydrogens (tertiary/aromatic N) is 3. The van der Waals surface area contributed by atoms with Crippen molar-refractivity contribution in [1.29, 1.82) is 5.26 Å². The first-order chi connectivity index (χ1) is 10.1. The van der Waals surface area contributed by atoms with E-state index in [9.17, 15) is 4.79 Å². The lowest BCUT2D eigenvalue weighted by Crippen LogP contribution is -2.11. The van der Waals surface area contributed by atoms with Crippen molar-refractivity contribution in [2.45, 2.75) is 20.0 Å². The Morgan fingerprint density at radius 1 is 1.48 bits per heavy atom. The molecule has 2 rings (SSSR count). The second-order valence-corrected chi connectivity index (χ2v) is 4.55. The van der Waals surface area contributed by atoms with E-state index in [1.165, 1.54) is 0 Å². The number of hydrogen-bond donors (Lipinski definition) is 1. The molecule has 0 spiro atoms. The van der Waals surface area contributed by atoms with Gasteiger partial charge in [-0.15, -0.1) is 0 Å². The van der Waals surface area contributed by atoms with E-state index in [0.29, 0.717) is 18.0 Å². The van der Waals surface area contributed by atoms with E-state index < -0.39 is 0 Å². The summed E-state index contributed by atoms with van der Waals surface area (Å²) in [6, 6.07) is 8.94. The van der Waals surface area contributed by atoms with Crippen LogP contribution in [-0.2, 0) is 18.4 Å². The molecule has 0 atom stereocenters. The number of nitriles is 1. The summed E-state index contributed by atoms with van der Waals surface area (Å²) in [5.41, 5.74) is 2.57. The van der Waals surface area contributed by atoms with Crippen molar-refractivity contribution < 1.29 is 9.53 Å². The molecule has 108 valence electrons. The maximum atomic E-state index is 11.5. The van der Waals surface area contributed by atoms with Crippen LogP contribution in [0.3, 0.4) is 0 Å². The number of para-hydroxylation sites is 2. The highest BCUT2D eigenvalue weighted by atomic mass is 16.5. The SMILES string of the molecule is Cc1c(COc2ccccc2NC(=O)CC#N)cnn1C. The second-order valence-electron chi connectivity index (χ2n) is 4.55. The quantitative estimate of drug-likeness (QED) is 0.912. The van der Waals surface area contributed by atoms with Crippen molar-refractivity contribution in [3.63, 3.8) is 0 Å². The molecule has 1 aromatic carbocycles. The van der Waals surface area contributed by atoms with Gasteiger partial charge in [-0.25, -0.2) is 0 Å². The minimum atomic E-state index is -0.355. The number of benzene rings is 1. The van der Waals surface area contributed by atoms with Gasteiger partial charge in [0.1, 0.15) is 18.8 Å². The Hall–Kier alpha value is -2.81. The van der Waals surface area contributed by atoms with Crippen molar-refractivity contribution in [3.8, 4) is 11.8 Å². The lowest BCUT2D eigenvalue weighted by Gasteiger charge is -2.11. The summed E-state index contributed by atoms with van der Waals surface area (Å²) in [6.07, 6.45) is 1.57. The van der Waals surface area contributed by atoms with Crippen molar-refractivity contribution in [2.75, 3.05) is 5.32 Å². The summed E-state index contributed by atoms with van der Waals surface area (Å²) in [6.45, 7) is 2.33. The highest BCUT2D eigenvalue weighted by Crippen LogP contribution is 2.25. The van der Waals surface area contributed by atoms with E-state index in [-0.39, 0.29) is 12.3 Å². The molecule has 21 heavy (non-hydrogen) atoms. The molecule has 2 aromatic rings. The van der Waals surface area contributed by atoms with Gasteiger partial charge in [0.2, 0.25) is 5.91 Å². The van der Waals surface area contributed by atoms with Gasteiger partial charge in [0.15, 0.2) is 0 Å². The molecule has 0 aliphatic heterocycles. The van der Waals surface area contributed by atoms with Crippen LogP contribution >= 0.6 is 0 Å². The van der Waals surface area contributed by atoms with Crippen LogP contribution in [0.4, 0.5) is 5.69 Å². The van der Waals surface area contributed by atoms with Crippen LogP contribution < -0.4 is 10.1 Å². The molecule has 1 N–H and O–H groups in total. The van der Waals surface area contributed by atoms with Gasteiger partial charge >= 0.3 is 0 Å². The van der Waals surface area contributed by atoms with E-state index in [4.69, 9.17) is 10.00 Å². The van der Waals surface area contributed by atoms with E-state index in [0.717, 1.165) is 11.3 Å². The van der Waals surface area contributed by atoms with Gasteiger partial charge in [0.05, 0.1) is 18.0 Å². The van der Waals surface area contributed by atoms with Gasteiger partial charge < -0.3 is 10.1 Å². The Morgan fingerprint density at radius 2 is 2.24 bits per heavy atom. The van der Waals surface area contributed by atoms with Gasteiger partial charge in [-0.05, 0) is 19.1 Å². The first-order valence-electron chi connectivity index (χ1n) is 6.48. The van der Waals surface area contributed by atoms with E-state index in [2.05, 4.69) is 10.4 Å². The number of ether oxygens (including phenoxy) is 1. The fraction of sp³-hybridized carbons (Fsp3) is 0.267. The molecule has 6 nitrogen and oxygen atoms in total. The zero-order valence-electron chi connectivity index (χ0n) is 12.0. The molecular formula is C15H16N4O2. The van der Waals surface area contributed by atoms with E-state index in [1.54, 1.807) is 29.1 Å². The number of aromatic nitrogens is 2. The third kappa shape index (κ3) is 3.60. The normalized spacial score (nSPS) is 9.95. The largest absolute Gasteiger partial charge is 0.487 e. The third-order valence-electron chi connectivity index (χ3n) is 3.12. The van der Waals surface area contributed by atoms with Gasteiger partial charge in [-0.1, -0.05) is 12.1 Å². The second kappa shape index (κ2) is 6.57. The lowest BCUT2D eigenvalue weighted by atomic mass is 10.2. The number of amides is 1. The molecular weight excluding hydrogens is 268 g/mol. The number of anilines is 1. The third-order valence-corrected chi connectivity index (χ3v) is 3.12. The Morgan fingerprint density at radius 3 is 2.90 bits per heavy atom. The predicted molar refractivity (Wildman–Crippen MR) is 77.6 cm³/mol. The van der Waals surface area contributed by atoms with Crippen molar-refractivity contribution in [3.05, 3.63) is 41.7 Å². The number of nitrogens with one attached hydrogen (secondary N) is 1. The summed E-state index contributed by atoms with van der Waals surface area (Å²) >= 11 is 0. The molecule has 1 amide bonds. The summed E-state index contributed by atoms with van der Waals surface area (Å²) in [5.74, 6) is 0.207. The van der Waals surface area contributed by atoms with E-state index in [1.807, 2.05) is 26.1 Å². The highest BCUT2D eigenvalue weighted by Gasteiger charge is 2.09. The average Bonchev–Trinajstić information content (AvgIpc) is 2.78. The topological polar surface area (TPSA) is 79.9 Å². The minimum Gasteiger partial charge on any atom is -0.487 e. The maximum Gasteiger partial charge on any atom is 0.238 e. The summed E-state index contributed by atoms with van der Waals surface area (Å²) < 4.78 is 7.52. The Bertz CT molecular complexity index is 685. The minimum absolute atomic E-state index is 0.184. The van der Waals surface area contributed by atoms with Crippen molar-refractivity contribution in [2.24, 2.45) is 7.05 Å². The molecule has 0 bridgehead atoms. The molecule has 0 fully saturated rings. The predicted octanol–water partition coefficient (Wildman–Crippen LogP) is 2.16. The molecule has 0 radical (unpaired) electrons. The van der Waals surface area contributed by atoms with Crippen LogP contribution in [0, 0.1) is 18.3 Å². The molecule has 0 aliphatic rings. The van der Waals surface area contributed by atoms with Crippen LogP contribution in [0.5, 0.6) is 5.75 Å². The van der Waals surface area contributed by atoms with Crippen LogP contribution in [0.1, 0.15) is 17.7 Å². The van der Waals surface area contributed by atoms with E-state index >= 15 is 0 Å². The van der Waals surface area contributed by atoms with Gasteiger partial charge in [0.25, 0.3) is 0 Å². The molecule has 1 aromatic heterocycles. The molecule has 1 heterocycles. The maximum absolute atomic E-state index is 11.5. The first-order valence-corrected chi connectivity index (χ1v) is 6.48. The first kappa shape index (κ1) is 14.6. The van der Waals surface area contributed by atoms with Gasteiger partial charge in [0, 0.05) is 18.3 Å². The number of carbonyl (C=O) groups is 1. The number of aryl methyl sites for hydroxylation is 1. The Labute approximate surface area is 123 Å². The molecule has 0 aliphatic carbocycles. The lowest BCUT2D eigenvalue weighted by molar-refractivity contribution is -0.115. The number of rotatable bonds is 5. The van der Waals surface area contributed by atoms with Crippen molar-refractivity contribution >= 4 is 11.6 Å². The van der Waals surface area contributed by atoms with Gasteiger partial charge in [-0.3, -0.25) is 9.48 Å². The highest BCUT2D eigenvalue weighted by molar-refractivity contribution is 5.93. The smallest absolute Gasteiger partial charge is 0.238 e. The van der Waals surface area contributed by atoms with Crippen LogP contribution in [0.25, 0.3) is 0 Å². The monoisotopic (exact) mass is 284 g/mol. The Kier molecular flexibility index (Phi) is 4.57.